The minimum atomic E-state index is -4.76. The highest BCUT2D eigenvalue weighted by atomic mass is 32.2. The zero-order chi connectivity index (χ0) is 19.6. The van der Waals surface area contributed by atoms with E-state index in [1.54, 1.807) is 6.92 Å². The van der Waals surface area contributed by atoms with Crippen LogP contribution in [-0.2, 0) is 4.79 Å². The lowest BCUT2D eigenvalue weighted by Gasteiger charge is -2.19. The fourth-order valence-corrected chi connectivity index (χ4v) is 3.58. The Kier molecular flexibility index (Phi) is 5.79. The summed E-state index contributed by atoms with van der Waals surface area (Å²) in [5, 5.41) is 20.0. The summed E-state index contributed by atoms with van der Waals surface area (Å²) in [7, 11) is 0. The fourth-order valence-electron chi connectivity index (χ4n) is 2.80. The van der Waals surface area contributed by atoms with E-state index in [-0.39, 0.29) is 11.3 Å². The van der Waals surface area contributed by atoms with Gasteiger partial charge in [0.25, 0.3) is 11.6 Å². The number of carbonyl (C=O) groups is 2. The molecule has 0 unspecified atom stereocenters. The Hall–Kier alpha value is -2.30. The van der Waals surface area contributed by atoms with Gasteiger partial charge >= 0.3 is 12.1 Å². The number of benzene rings is 1. The number of likely N-dealkylation sites (tertiary alicyclic amines) is 1. The van der Waals surface area contributed by atoms with Crippen LogP contribution in [0.5, 0.6) is 0 Å². The summed E-state index contributed by atoms with van der Waals surface area (Å²) in [6, 6.07) is 3.58. The number of non-ortho nitro benzene ring substituents is 1. The quantitative estimate of drug-likeness (QED) is 0.470. The Morgan fingerprint density at radius 3 is 2.50 bits per heavy atom. The summed E-state index contributed by atoms with van der Waals surface area (Å²) in [5.74, 6) is -5.88. The van der Waals surface area contributed by atoms with Crippen LogP contribution in [-0.4, -0.2) is 51.8 Å². The number of amides is 1. The molecule has 26 heavy (non-hydrogen) atoms. The van der Waals surface area contributed by atoms with Gasteiger partial charge in [0.05, 0.1) is 22.3 Å². The van der Waals surface area contributed by atoms with Gasteiger partial charge in [-0.15, -0.1) is 11.8 Å². The Bertz CT molecular complexity index is 740. The zero-order valence-corrected chi connectivity index (χ0v) is 14.3. The molecule has 0 saturated carbocycles. The number of hydrogen-bond donors (Lipinski definition) is 1. The maximum atomic E-state index is 13.1. The number of thioether (sulfide) groups is 1. The van der Waals surface area contributed by atoms with E-state index in [0.29, 0.717) is 10.6 Å². The third-order valence-electron chi connectivity index (χ3n) is 4.05. The molecule has 11 heteroatoms. The standard InChI is InChI=1S/C15H15F3N2O5S/c1-2-26-12-4-3-8(20(24)25)5-9(12)13(21)19-6-10(14(22)23)11(7-19)15(16,17)18/h3-5,10-11H,2,6-7H2,1H3,(H,22,23)/t10-,11-/m1/s1. The van der Waals surface area contributed by atoms with Gasteiger partial charge in [-0.25, -0.2) is 0 Å². The van der Waals surface area contributed by atoms with Crippen LogP contribution < -0.4 is 0 Å². The second-order valence-electron chi connectivity index (χ2n) is 5.67. The second kappa shape index (κ2) is 7.52. The summed E-state index contributed by atoms with van der Waals surface area (Å²) in [6.45, 7) is 0.395. The molecule has 1 aliphatic heterocycles. The SMILES string of the molecule is CCSc1ccc([N+](=O)[O-])cc1C(=O)N1C[C@@H](C(F)(F)F)[C@H](C(=O)O)C1. The van der Waals surface area contributed by atoms with Crippen LogP contribution in [0, 0.1) is 22.0 Å². The molecule has 1 saturated heterocycles. The molecule has 0 radical (unpaired) electrons. The molecular weight excluding hydrogens is 377 g/mol. The van der Waals surface area contributed by atoms with Crippen LogP contribution >= 0.6 is 11.8 Å². The highest BCUT2D eigenvalue weighted by molar-refractivity contribution is 7.99. The Balaban J connectivity index is 2.38. The molecule has 0 aromatic heterocycles. The molecule has 1 aliphatic rings. The van der Waals surface area contributed by atoms with Gasteiger partial charge < -0.3 is 10.0 Å². The Morgan fingerprint density at radius 2 is 2.04 bits per heavy atom. The van der Waals surface area contributed by atoms with E-state index >= 15 is 0 Å². The molecule has 2 atom stereocenters. The first kappa shape index (κ1) is 20.0. The van der Waals surface area contributed by atoms with Crippen molar-refractivity contribution in [3.05, 3.63) is 33.9 Å². The molecule has 0 bridgehead atoms. The number of carbonyl (C=O) groups excluding carboxylic acids is 1. The molecule has 0 aliphatic carbocycles. The van der Waals surface area contributed by atoms with E-state index in [4.69, 9.17) is 5.11 Å². The molecule has 1 heterocycles. The summed E-state index contributed by atoms with van der Waals surface area (Å²) >= 11 is 1.21. The lowest BCUT2D eigenvalue weighted by atomic mass is 9.96. The Morgan fingerprint density at radius 1 is 1.38 bits per heavy atom. The van der Waals surface area contributed by atoms with Gasteiger partial charge in [-0.1, -0.05) is 6.92 Å². The number of hydrogen-bond acceptors (Lipinski definition) is 5. The Labute approximate surface area is 150 Å². The number of nitro benzene ring substituents is 1. The van der Waals surface area contributed by atoms with Crippen molar-refractivity contribution in [3.8, 4) is 0 Å². The minimum absolute atomic E-state index is 0.0991. The summed E-state index contributed by atoms with van der Waals surface area (Å²) in [5.41, 5.74) is -0.465. The topological polar surface area (TPSA) is 101 Å². The van der Waals surface area contributed by atoms with Crippen LogP contribution in [0.1, 0.15) is 17.3 Å². The summed E-state index contributed by atoms with van der Waals surface area (Å²) in [4.78, 5) is 35.3. The predicted octanol–water partition coefficient (Wildman–Crippen LogP) is 3.04. The van der Waals surface area contributed by atoms with Crippen LogP contribution in [0.25, 0.3) is 0 Å². The third-order valence-corrected chi connectivity index (χ3v) is 5.00. The van der Waals surface area contributed by atoms with E-state index in [0.717, 1.165) is 11.0 Å². The molecule has 0 spiro atoms. The number of alkyl halides is 3. The van der Waals surface area contributed by atoms with Crippen molar-refractivity contribution in [1.29, 1.82) is 0 Å². The average Bonchev–Trinajstić information content (AvgIpc) is 3.00. The number of carboxylic acid groups (broad SMARTS) is 1. The zero-order valence-electron chi connectivity index (χ0n) is 13.5. The predicted molar refractivity (Wildman–Crippen MR) is 86.1 cm³/mol. The van der Waals surface area contributed by atoms with Crippen molar-refractivity contribution in [1.82, 2.24) is 4.90 Å². The highest BCUT2D eigenvalue weighted by Gasteiger charge is 2.53. The summed E-state index contributed by atoms with van der Waals surface area (Å²) in [6.07, 6.45) is -4.76. The molecule has 7 nitrogen and oxygen atoms in total. The van der Waals surface area contributed by atoms with Gasteiger partial charge in [-0.2, -0.15) is 13.2 Å². The maximum Gasteiger partial charge on any atom is 0.394 e. The van der Waals surface area contributed by atoms with Crippen molar-refractivity contribution >= 4 is 29.3 Å². The van der Waals surface area contributed by atoms with E-state index in [1.165, 1.54) is 23.9 Å². The smallest absolute Gasteiger partial charge is 0.394 e. The number of rotatable bonds is 5. The van der Waals surface area contributed by atoms with Crippen LogP contribution in [0.4, 0.5) is 18.9 Å². The monoisotopic (exact) mass is 392 g/mol. The minimum Gasteiger partial charge on any atom is -0.481 e. The molecular formula is C15H15F3N2O5S. The highest BCUT2D eigenvalue weighted by Crippen LogP contribution is 2.39. The second-order valence-corrected chi connectivity index (χ2v) is 6.98. The molecule has 1 aromatic rings. The van der Waals surface area contributed by atoms with Crippen molar-refractivity contribution in [2.45, 2.75) is 18.0 Å². The normalized spacial score (nSPS) is 20.2. The van der Waals surface area contributed by atoms with Crippen LogP contribution in [0.15, 0.2) is 23.1 Å². The van der Waals surface area contributed by atoms with Crippen LogP contribution in [0.2, 0.25) is 0 Å². The number of nitrogens with zero attached hydrogens (tertiary/aromatic N) is 2. The van der Waals surface area contributed by atoms with Crippen molar-refractivity contribution in [2.24, 2.45) is 11.8 Å². The average molecular weight is 392 g/mol. The summed E-state index contributed by atoms with van der Waals surface area (Å²) < 4.78 is 39.3. The van der Waals surface area contributed by atoms with Gasteiger partial charge in [0, 0.05) is 30.1 Å². The lowest BCUT2D eigenvalue weighted by Crippen LogP contribution is -2.34. The number of nitro groups is 1. The lowest BCUT2D eigenvalue weighted by molar-refractivity contribution is -0.384. The number of halogens is 3. The maximum absolute atomic E-state index is 13.1. The number of aliphatic carboxylic acids is 1. The fraction of sp³-hybridized carbons (Fsp3) is 0.467. The molecule has 1 aromatic carbocycles. The third kappa shape index (κ3) is 4.09. The largest absolute Gasteiger partial charge is 0.481 e. The van der Waals surface area contributed by atoms with E-state index < -0.39 is 47.9 Å². The van der Waals surface area contributed by atoms with Gasteiger partial charge in [0.1, 0.15) is 0 Å². The van der Waals surface area contributed by atoms with Crippen molar-refractivity contribution in [3.63, 3.8) is 0 Å². The van der Waals surface area contributed by atoms with Gasteiger partial charge in [-0.05, 0) is 11.8 Å². The van der Waals surface area contributed by atoms with Gasteiger partial charge in [0.15, 0.2) is 0 Å². The first-order valence-corrected chi connectivity index (χ1v) is 8.54. The molecule has 2 rings (SSSR count). The van der Waals surface area contributed by atoms with Gasteiger partial charge in [0.2, 0.25) is 0 Å². The first-order valence-electron chi connectivity index (χ1n) is 7.56. The van der Waals surface area contributed by atoms with E-state index in [1.807, 2.05) is 0 Å². The van der Waals surface area contributed by atoms with E-state index in [9.17, 15) is 32.9 Å². The van der Waals surface area contributed by atoms with E-state index in [2.05, 4.69) is 0 Å². The molecule has 1 N–H and O–H groups in total. The number of carboxylic acids is 1. The molecule has 1 amide bonds. The molecule has 142 valence electrons. The van der Waals surface area contributed by atoms with Crippen LogP contribution in [0.3, 0.4) is 0 Å². The molecule has 1 fully saturated rings. The van der Waals surface area contributed by atoms with Crippen molar-refractivity contribution in [2.75, 3.05) is 18.8 Å². The van der Waals surface area contributed by atoms with Crippen molar-refractivity contribution < 1.29 is 32.8 Å². The first-order chi connectivity index (χ1) is 12.1. The van der Waals surface area contributed by atoms with Gasteiger partial charge in [-0.3, -0.25) is 19.7 Å².